The number of carbonyl (C=O) groups is 2. The summed E-state index contributed by atoms with van der Waals surface area (Å²) in [7, 11) is -3.32. The third-order valence-corrected chi connectivity index (χ3v) is 5.09. The number of carboxylic acids is 1. The molecule has 1 aromatic rings. The molecule has 9 heteroatoms. The van der Waals surface area contributed by atoms with Crippen molar-refractivity contribution >= 4 is 21.7 Å². The molecule has 0 fully saturated rings. The van der Waals surface area contributed by atoms with Crippen LogP contribution in [0.2, 0.25) is 0 Å². The maximum absolute atomic E-state index is 11.9. The summed E-state index contributed by atoms with van der Waals surface area (Å²) in [4.78, 5) is 23.2. The van der Waals surface area contributed by atoms with E-state index in [1.54, 1.807) is 30.3 Å². The maximum Gasteiger partial charge on any atom is 0.326 e. The van der Waals surface area contributed by atoms with Crippen LogP contribution in [0.15, 0.2) is 36.9 Å². The minimum atomic E-state index is -3.32. The number of hydrogen-bond donors (Lipinski definition) is 2. The smallest absolute Gasteiger partial charge is 0.326 e. The molecule has 144 valence electrons. The van der Waals surface area contributed by atoms with Gasteiger partial charge in [-0.15, -0.1) is 0 Å². The molecule has 0 aliphatic carbocycles. The van der Waals surface area contributed by atoms with E-state index in [1.165, 1.54) is 6.92 Å². The van der Waals surface area contributed by atoms with Crippen molar-refractivity contribution in [2.75, 3.05) is 24.7 Å². The number of sulfone groups is 1. The Kier molecular flexibility index (Phi) is 8.63. The van der Waals surface area contributed by atoms with Crippen molar-refractivity contribution in [2.45, 2.75) is 19.4 Å². The highest BCUT2D eigenvalue weighted by molar-refractivity contribution is 7.91. The standard InChI is InChI=1S/C17H23NO7S/c1-3-10-24-14-7-5-6-8-15(14)25-12-16(19)18-13(17(20)21)9-11-26(22,23)4-2/h3,5-8,13H,1,4,9-12H2,2H3,(H,18,19)(H,20,21). The van der Waals surface area contributed by atoms with Crippen LogP contribution in [0.3, 0.4) is 0 Å². The van der Waals surface area contributed by atoms with Gasteiger partial charge >= 0.3 is 5.97 Å². The van der Waals surface area contributed by atoms with Crippen molar-refractivity contribution in [1.29, 1.82) is 0 Å². The molecule has 8 nitrogen and oxygen atoms in total. The highest BCUT2D eigenvalue weighted by Gasteiger charge is 2.22. The largest absolute Gasteiger partial charge is 0.486 e. The predicted molar refractivity (Wildman–Crippen MR) is 96.1 cm³/mol. The predicted octanol–water partition coefficient (Wildman–Crippen LogP) is 1.02. The molecule has 0 aromatic heterocycles. The Balaban J connectivity index is 2.61. The van der Waals surface area contributed by atoms with E-state index in [0.717, 1.165) is 0 Å². The number of aliphatic carboxylic acids is 1. The molecular weight excluding hydrogens is 362 g/mol. The molecule has 0 aliphatic rings. The lowest BCUT2D eigenvalue weighted by molar-refractivity contribution is -0.142. The number of ether oxygens (including phenoxy) is 2. The number of rotatable bonds is 12. The van der Waals surface area contributed by atoms with Crippen molar-refractivity contribution in [2.24, 2.45) is 0 Å². The van der Waals surface area contributed by atoms with Crippen LogP contribution in [0.4, 0.5) is 0 Å². The van der Waals surface area contributed by atoms with E-state index in [-0.39, 0.29) is 24.5 Å². The van der Waals surface area contributed by atoms with Crippen LogP contribution >= 0.6 is 0 Å². The van der Waals surface area contributed by atoms with Crippen molar-refractivity contribution in [3.8, 4) is 11.5 Å². The van der Waals surface area contributed by atoms with Gasteiger partial charge in [-0.05, 0) is 18.6 Å². The number of hydrogen-bond acceptors (Lipinski definition) is 6. The first-order valence-corrected chi connectivity index (χ1v) is 9.79. The van der Waals surface area contributed by atoms with Gasteiger partial charge in [0.05, 0.1) is 5.75 Å². The van der Waals surface area contributed by atoms with Gasteiger partial charge in [0.2, 0.25) is 0 Å². The van der Waals surface area contributed by atoms with Gasteiger partial charge in [0.1, 0.15) is 22.5 Å². The number of benzene rings is 1. The van der Waals surface area contributed by atoms with E-state index in [9.17, 15) is 18.0 Å². The van der Waals surface area contributed by atoms with Gasteiger partial charge in [-0.25, -0.2) is 13.2 Å². The summed E-state index contributed by atoms with van der Waals surface area (Å²) < 4.78 is 33.7. The number of para-hydroxylation sites is 2. The number of carboxylic acid groups (broad SMARTS) is 1. The molecule has 1 aromatic carbocycles. The fourth-order valence-electron chi connectivity index (χ4n) is 1.92. The topological polar surface area (TPSA) is 119 Å². The number of amides is 1. The Morgan fingerprint density at radius 3 is 2.42 bits per heavy atom. The zero-order valence-corrected chi connectivity index (χ0v) is 15.3. The maximum atomic E-state index is 11.9. The molecule has 1 amide bonds. The lowest BCUT2D eigenvalue weighted by Crippen LogP contribution is -2.44. The summed E-state index contributed by atoms with van der Waals surface area (Å²) in [6.45, 7) is 4.85. The molecule has 26 heavy (non-hydrogen) atoms. The molecule has 1 rings (SSSR count). The van der Waals surface area contributed by atoms with Crippen LogP contribution in [0.1, 0.15) is 13.3 Å². The minimum absolute atomic E-state index is 0.0854. The van der Waals surface area contributed by atoms with Crippen LogP contribution < -0.4 is 14.8 Å². The summed E-state index contributed by atoms with van der Waals surface area (Å²) in [5, 5.41) is 11.4. The molecule has 0 radical (unpaired) electrons. The fourth-order valence-corrected chi connectivity index (χ4v) is 2.80. The van der Waals surface area contributed by atoms with Crippen molar-refractivity contribution in [1.82, 2.24) is 5.32 Å². The second kappa shape index (κ2) is 10.4. The second-order valence-corrected chi connectivity index (χ2v) is 7.79. The number of nitrogens with one attached hydrogen (secondary N) is 1. The van der Waals surface area contributed by atoms with E-state index in [1.807, 2.05) is 0 Å². The first-order chi connectivity index (χ1) is 12.3. The van der Waals surface area contributed by atoms with E-state index >= 15 is 0 Å². The SMILES string of the molecule is C=CCOc1ccccc1OCC(=O)NC(CCS(=O)(=O)CC)C(=O)O. The Bertz CT molecular complexity index is 730. The van der Waals surface area contributed by atoms with Crippen LogP contribution in [-0.4, -0.2) is 56.2 Å². The van der Waals surface area contributed by atoms with Crippen LogP contribution in [0.5, 0.6) is 11.5 Å². The highest BCUT2D eigenvalue weighted by Crippen LogP contribution is 2.26. The first-order valence-electron chi connectivity index (χ1n) is 7.97. The van der Waals surface area contributed by atoms with Gasteiger partial charge in [0, 0.05) is 5.75 Å². The Morgan fingerprint density at radius 2 is 1.88 bits per heavy atom. The van der Waals surface area contributed by atoms with Crippen molar-refractivity contribution in [3.63, 3.8) is 0 Å². The second-order valence-electron chi connectivity index (χ2n) is 5.32. The average Bonchev–Trinajstić information content (AvgIpc) is 2.62. The van der Waals surface area contributed by atoms with Gasteiger partial charge in [-0.2, -0.15) is 0 Å². The number of carbonyl (C=O) groups excluding carboxylic acids is 1. The summed E-state index contributed by atoms with van der Waals surface area (Å²) in [6, 6.07) is 5.39. The third-order valence-electron chi connectivity index (χ3n) is 3.36. The molecule has 0 saturated carbocycles. The zero-order valence-electron chi connectivity index (χ0n) is 14.5. The van der Waals surface area contributed by atoms with E-state index in [2.05, 4.69) is 11.9 Å². The third kappa shape index (κ3) is 7.56. The van der Waals surface area contributed by atoms with Gasteiger partial charge in [0.25, 0.3) is 5.91 Å². The molecule has 2 N–H and O–H groups in total. The molecule has 0 aliphatic heterocycles. The molecular formula is C17H23NO7S. The Hall–Kier alpha value is -2.55. The quantitative estimate of drug-likeness (QED) is 0.516. The molecule has 1 atom stereocenters. The van der Waals surface area contributed by atoms with E-state index in [0.29, 0.717) is 11.5 Å². The van der Waals surface area contributed by atoms with Gasteiger partial charge in [-0.3, -0.25) is 4.79 Å². The first kappa shape index (κ1) is 21.5. The fraction of sp³-hybridized carbons (Fsp3) is 0.412. The average molecular weight is 385 g/mol. The summed E-state index contributed by atoms with van der Waals surface area (Å²) in [5.41, 5.74) is 0. The molecule has 0 bridgehead atoms. The van der Waals surface area contributed by atoms with Gasteiger partial charge in [0.15, 0.2) is 18.1 Å². The lowest BCUT2D eigenvalue weighted by Gasteiger charge is -2.15. The van der Waals surface area contributed by atoms with E-state index < -0.39 is 34.4 Å². The van der Waals surface area contributed by atoms with Crippen LogP contribution in [0.25, 0.3) is 0 Å². The minimum Gasteiger partial charge on any atom is -0.486 e. The molecule has 0 spiro atoms. The van der Waals surface area contributed by atoms with Crippen molar-refractivity contribution < 1.29 is 32.6 Å². The highest BCUT2D eigenvalue weighted by atomic mass is 32.2. The monoisotopic (exact) mass is 385 g/mol. The zero-order chi connectivity index (χ0) is 19.6. The summed E-state index contributed by atoms with van der Waals surface area (Å²) >= 11 is 0. The summed E-state index contributed by atoms with van der Waals surface area (Å²) in [6.07, 6.45) is 1.35. The van der Waals surface area contributed by atoms with Crippen LogP contribution in [-0.2, 0) is 19.4 Å². The van der Waals surface area contributed by atoms with Crippen LogP contribution in [0, 0.1) is 0 Å². The molecule has 0 heterocycles. The molecule has 0 saturated heterocycles. The van der Waals surface area contributed by atoms with Gasteiger partial charge < -0.3 is 19.9 Å². The Labute approximate surface area is 152 Å². The van der Waals surface area contributed by atoms with E-state index in [4.69, 9.17) is 14.6 Å². The Morgan fingerprint density at radius 1 is 1.27 bits per heavy atom. The summed E-state index contributed by atoms with van der Waals surface area (Å²) in [5.74, 6) is -1.64. The van der Waals surface area contributed by atoms with Crippen molar-refractivity contribution in [3.05, 3.63) is 36.9 Å². The lowest BCUT2D eigenvalue weighted by atomic mass is 10.2. The van der Waals surface area contributed by atoms with Gasteiger partial charge in [-0.1, -0.05) is 31.7 Å². The normalized spacial score (nSPS) is 12.0. The molecule has 1 unspecified atom stereocenters.